The van der Waals surface area contributed by atoms with Gasteiger partial charge in [-0.3, -0.25) is 9.59 Å². The summed E-state index contributed by atoms with van der Waals surface area (Å²) in [7, 11) is 0. The maximum absolute atomic E-state index is 12.0. The van der Waals surface area contributed by atoms with Crippen molar-refractivity contribution in [2.24, 2.45) is 0 Å². The summed E-state index contributed by atoms with van der Waals surface area (Å²) in [6.45, 7) is 1.50. The summed E-state index contributed by atoms with van der Waals surface area (Å²) in [6.07, 6.45) is 4.43. The Morgan fingerprint density at radius 3 is 2.68 bits per heavy atom. The van der Waals surface area contributed by atoms with Gasteiger partial charge >= 0.3 is 0 Å². The average molecular weight is 302 g/mol. The van der Waals surface area contributed by atoms with E-state index in [1.807, 2.05) is 0 Å². The van der Waals surface area contributed by atoms with Gasteiger partial charge in [-0.15, -0.1) is 0 Å². The van der Waals surface area contributed by atoms with Crippen molar-refractivity contribution in [1.29, 1.82) is 0 Å². The van der Waals surface area contributed by atoms with E-state index in [1.54, 1.807) is 24.3 Å². The summed E-state index contributed by atoms with van der Waals surface area (Å²) in [6, 6.07) is 8.27. The third-order valence-electron chi connectivity index (χ3n) is 4.45. The summed E-state index contributed by atoms with van der Waals surface area (Å²) in [5.41, 5.74) is 0.591. The van der Waals surface area contributed by atoms with Gasteiger partial charge in [0.2, 0.25) is 0 Å². The lowest BCUT2D eigenvalue weighted by Gasteiger charge is -2.29. The lowest BCUT2D eigenvalue weighted by Crippen LogP contribution is -2.48. The predicted molar refractivity (Wildman–Crippen MR) is 83.1 cm³/mol. The summed E-state index contributed by atoms with van der Waals surface area (Å²) in [4.78, 5) is 23.3. The molecule has 2 unspecified atom stereocenters. The highest BCUT2D eigenvalue weighted by Crippen LogP contribution is 2.26. The van der Waals surface area contributed by atoms with Gasteiger partial charge < -0.3 is 15.4 Å². The normalized spacial score (nSPS) is 26.5. The lowest BCUT2D eigenvalue weighted by molar-refractivity contribution is -0.124. The molecule has 0 aliphatic carbocycles. The van der Waals surface area contributed by atoms with E-state index >= 15 is 0 Å². The Balaban J connectivity index is 1.48. The van der Waals surface area contributed by atoms with E-state index in [4.69, 9.17) is 4.74 Å². The van der Waals surface area contributed by atoms with Gasteiger partial charge in [0.05, 0.1) is 0 Å². The molecule has 2 atom stereocenters. The van der Waals surface area contributed by atoms with Gasteiger partial charge in [-0.25, -0.2) is 0 Å². The molecule has 1 aromatic carbocycles. The van der Waals surface area contributed by atoms with Crippen LogP contribution in [-0.2, 0) is 4.79 Å². The Morgan fingerprint density at radius 2 is 2.00 bits per heavy atom. The molecule has 2 aliphatic rings. The molecule has 2 bridgehead atoms. The molecule has 2 N–H and O–H groups in total. The van der Waals surface area contributed by atoms with Crippen molar-refractivity contribution in [1.82, 2.24) is 10.6 Å². The topological polar surface area (TPSA) is 67.4 Å². The first-order valence-electron chi connectivity index (χ1n) is 7.89. The highest BCUT2D eigenvalue weighted by molar-refractivity contribution is 5.94. The Hall–Kier alpha value is -1.88. The first kappa shape index (κ1) is 15.0. The number of nitrogens with one attached hydrogen (secondary N) is 2. The maximum atomic E-state index is 12.0. The summed E-state index contributed by atoms with van der Waals surface area (Å²) >= 11 is 0. The molecule has 2 aliphatic heterocycles. The van der Waals surface area contributed by atoms with E-state index in [0.717, 1.165) is 12.8 Å². The number of fused-ring (bicyclic) bond motifs is 2. The predicted octanol–water partition coefficient (Wildman–Crippen LogP) is 1.67. The number of ether oxygens (including phenoxy) is 1. The number of hydrogen-bond donors (Lipinski definition) is 2. The highest BCUT2D eigenvalue weighted by atomic mass is 16.5. The van der Waals surface area contributed by atoms with Crippen LogP contribution in [0.4, 0.5) is 0 Å². The van der Waals surface area contributed by atoms with Crippen LogP contribution in [0.2, 0.25) is 0 Å². The molecule has 3 rings (SSSR count). The number of hydrogen-bond acceptors (Lipinski definition) is 4. The van der Waals surface area contributed by atoms with E-state index in [0.29, 0.717) is 23.4 Å². The molecule has 5 heteroatoms. The minimum absolute atomic E-state index is 0.0133. The number of benzene rings is 1. The third-order valence-corrected chi connectivity index (χ3v) is 4.45. The van der Waals surface area contributed by atoms with Crippen LogP contribution in [0.25, 0.3) is 0 Å². The molecule has 5 nitrogen and oxygen atoms in total. The monoisotopic (exact) mass is 302 g/mol. The highest BCUT2D eigenvalue weighted by Gasteiger charge is 2.33. The van der Waals surface area contributed by atoms with E-state index in [2.05, 4.69) is 10.6 Å². The second kappa shape index (κ2) is 6.48. The van der Waals surface area contributed by atoms with E-state index in [1.165, 1.54) is 19.8 Å². The van der Waals surface area contributed by atoms with Crippen LogP contribution >= 0.6 is 0 Å². The van der Waals surface area contributed by atoms with Gasteiger partial charge in [0.1, 0.15) is 5.75 Å². The maximum Gasteiger partial charge on any atom is 0.258 e. The van der Waals surface area contributed by atoms with Crippen LogP contribution in [0, 0.1) is 0 Å². The van der Waals surface area contributed by atoms with Crippen LogP contribution < -0.4 is 15.4 Å². The number of piperidine rings is 1. The van der Waals surface area contributed by atoms with E-state index < -0.39 is 0 Å². The summed E-state index contributed by atoms with van der Waals surface area (Å²) in [5, 5.41) is 6.61. The van der Waals surface area contributed by atoms with Gasteiger partial charge in [0.25, 0.3) is 5.91 Å². The molecule has 22 heavy (non-hydrogen) atoms. The summed E-state index contributed by atoms with van der Waals surface area (Å²) < 4.78 is 5.49. The van der Waals surface area contributed by atoms with Crippen molar-refractivity contribution >= 4 is 11.7 Å². The zero-order chi connectivity index (χ0) is 15.5. The molecule has 0 aromatic heterocycles. The van der Waals surface area contributed by atoms with Crippen molar-refractivity contribution < 1.29 is 14.3 Å². The van der Waals surface area contributed by atoms with E-state index in [9.17, 15) is 9.59 Å². The zero-order valence-corrected chi connectivity index (χ0v) is 12.8. The first-order chi connectivity index (χ1) is 10.6. The van der Waals surface area contributed by atoms with Gasteiger partial charge in [-0.1, -0.05) is 12.1 Å². The fourth-order valence-electron chi connectivity index (χ4n) is 3.40. The molecule has 0 radical (unpaired) electrons. The molecule has 1 amide bonds. The molecular formula is C17H22N2O3. The Morgan fingerprint density at radius 1 is 1.27 bits per heavy atom. The van der Waals surface area contributed by atoms with Crippen LogP contribution in [-0.4, -0.2) is 36.4 Å². The fraction of sp³-hybridized carbons (Fsp3) is 0.529. The minimum Gasteiger partial charge on any atom is -0.484 e. The first-order valence-corrected chi connectivity index (χ1v) is 7.89. The Kier molecular flexibility index (Phi) is 4.43. The number of rotatable bonds is 5. The van der Waals surface area contributed by atoms with Gasteiger partial charge in [0.15, 0.2) is 12.4 Å². The number of amides is 1. The third kappa shape index (κ3) is 3.65. The molecule has 0 saturated carbocycles. The molecule has 118 valence electrons. The zero-order valence-electron chi connectivity index (χ0n) is 12.8. The largest absolute Gasteiger partial charge is 0.484 e. The van der Waals surface area contributed by atoms with Crippen molar-refractivity contribution in [2.45, 2.75) is 50.7 Å². The van der Waals surface area contributed by atoms with Crippen LogP contribution in [0.3, 0.4) is 0 Å². The van der Waals surface area contributed by atoms with Crippen molar-refractivity contribution in [3.8, 4) is 5.75 Å². The Bertz CT molecular complexity index is 561. The number of ketones is 1. The molecule has 2 heterocycles. The van der Waals surface area contributed by atoms with Gasteiger partial charge in [-0.2, -0.15) is 0 Å². The number of carbonyl (C=O) groups is 2. The SMILES string of the molecule is CC(=O)c1cccc(OCC(=O)NC2CC3CCC(C2)N3)c1. The number of Topliss-reactive ketones (excluding diaryl/α,β-unsaturated/α-hetero) is 1. The average Bonchev–Trinajstić information content (AvgIpc) is 2.84. The molecular weight excluding hydrogens is 280 g/mol. The van der Waals surface area contributed by atoms with Crippen LogP contribution in [0.1, 0.15) is 43.0 Å². The molecule has 1 aromatic rings. The standard InChI is InChI=1S/C17H22N2O3/c1-11(20)12-3-2-4-16(7-12)22-10-17(21)19-15-8-13-5-6-14(9-15)18-13/h2-4,7,13-15,18H,5-6,8-10H2,1H3,(H,19,21). The molecule has 0 spiro atoms. The second-order valence-electron chi connectivity index (χ2n) is 6.25. The fourth-order valence-corrected chi connectivity index (χ4v) is 3.40. The quantitative estimate of drug-likeness (QED) is 0.812. The van der Waals surface area contributed by atoms with Crippen LogP contribution in [0.5, 0.6) is 5.75 Å². The lowest BCUT2D eigenvalue weighted by atomic mass is 10.00. The van der Waals surface area contributed by atoms with Crippen molar-refractivity contribution in [3.63, 3.8) is 0 Å². The van der Waals surface area contributed by atoms with Crippen molar-refractivity contribution in [3.05, 3.63) is 29.8 Å². The smallest absolute Gasteiger partial charge is 0.258 e. The minimum atomic E-state index is -0.0977. The van der Waals surface area contributed by atoms with Gasteiger partial charge in [-0.05, 0) is 44.7 Å². The van der Waals surface area contributed by atoms with Crippen LogP contribution in [0.15, 0.2) is 24.3 Å². The molecule has 2 saturated heterocycles. The van der Waals surface area contributed by atoms with E-state index in [-0.39, 0.29) is 24.3 Å². The second-order valence-corrected chi connectivity index (χ2v) is 6.25. The summed E-state index contributed by atoms with van der Waals surface area (Å²) in [5.74, 6) is 0.438. The van der Waals surface area contributed by atoms with Gasteiger partial charge in [0, 0.05) is 23.7 Å². The molecule has 2 fully saturated rings. The Labute approximate surface area is 130 Å². The van der Waals surface area contributed by atoms with Crippen molar-refractivity contribution in [2.75, 3.05) is 6.61 Å². The number of carbonyl (C=O) groups excluding carboxylic acids is 2.